The van der Waals surface area contributed by atoms with Crippen LogP contribution in [0, 0.1) is 0 Å². The summed E-state index contributed by atoms with van der Waals surface area (Å²) in [5.74, 6) is 0.548. The van der Waals surface area contributed by atoms with Crippen LogP contribution in [0.3, 0.4) is 0 Å². The molecule has 2 aromatic carbocycles. The highest BCUT2D eigenvalue weighted by Gasteiger charge is 2.34. The van der Waals surface area contributed by atoms with E-state index in [9.17, 15) is 9.90 Å². The van der Waals surface area contributed by atoms with E-state index in [0.29, 0.717) is 24.4 Å². The first kappa shape index (κ1) is 16.1. The Morgan fingerprint density at radius 1 is 1.21 bits per heavy atom. The zero-order chi connectivity index (χ0) is 17.1. The maximum absolute atomic E-state index is 12.8. The van der Waals surface area contributed by atoms with Gasteiger partial charge in [0.1, 0.15) is 11.5 Å². The number of hydrogen-bond acceptors (Lipinski definition) is 3. The number of nitrogens with zero attached hydrogens (tertiary/aromatic N) is 1. The molecule has 1 unspecified atom stereocenters. The third-order valence-corrected chi connectivity index (χ3v) is 4.21. The minimum atomic E-state index is -0.605. The van der Waals surface area contributed by atoms with Crippen LogP contribution in [-0.2, 0) is 17.6 Å². The number of hydrogen-bond donors (Lipinski definition) is 1. The lowest BCUT2D eigenvalue weighted by atomic mass is 10.0. The highest BCUT2D eigenvalue weighted by molar-refractivity contribution is 6.00. The van der Waals surface area contributed by atoms with Crippen molar-refractivity contribution in [2.45, 2.75) is 25.9 Å². The molecule has 124 valence electrons. The van der Waals surface area contributed by atoms with Gasteiger partial charge in [-0.1, -0.05) is 37.3 Å². The first-order chi connectivity index (χ1) is 11.6. The molecule has 0 aliphatic carbocycles. The molecule has 0 fully saturated rings. The molecule has 0 aromatic heterocycles. The molecular formula is C20H21NO3. The number of benzene rings is 2. The number of carbonyl (C=O) groups is 1. The molecule has 4 heteroatoms. The van der Waals surface area contributed by atoms with E-state index in [1.807, 2.05) is 12.1 Å². The van der Waals surface area contributed by atoms with Gasteiger partial charge in [-0.25, -0.2) is 0 Å². The molecular weight excluding hydrogens is 302 g/mol. The summed E-state index contributed by atoms with van der Waals surface area (Å²) in [6.07, 6.45) is 2.56. The summed E-state index contributed by atoms with van der Waals surface area (Å²) in [5, 5.41) is 9.70. The maximum Gasteiger partial charge on any atom is 0.268 e. The lowest BCUT2D eigenvalue weighted by Gasteiger charge is -2.34. The summed E-state index contributed by atoms with van der Waals surface area (Å²) < 4.78 is 5.88. The van der Waals surface area contributed by atoms with E-state index in [1.54, 1.807) is 29.2 Å². The van der Waals surface area contributed by atoms with Gasteiger partial charge in [-0.15, -0.1) is 6.58 Å². The largest absolute Gasteiger partial charge is 0.508 e. The van der Waals surface area contributed by atoms with Gasteiger partial charge in [-0.3, -0.25) is 4.79 Å². The molecule has 0 spiro atoms. The summed E-state index contributed by atoms with van der Waals surface area (Å²) in [4.78, 5) is 14.4. The number of phenols is 1. The van der Waals surface area contributed by atoms with Crippen LogP contribution in [0.5, 0.6) is 11.5 Å². The molecule has 24 heavy (non-hydrogen) atoms. The van der Waals surface area contributed by atoms with Gasteiger partial charge < -0.3 is 14.7 Å². The number of anilines is 1. The van der Waals surface area contributed by atoms with Gasteiger partial charge >= 0.3 is 0 Å². The van der Waals surface area contributed by atoms with E-state index in [4.69, 9.17) is 4.74 Å². The Morgan fingerprint density at radius 3 is 2.58 bits per heavy atom. The third kappa shape index (κ3) is 3.13. The van der Waals surface area contributed by atoms with Gasteiger partial charge in [0, 0.05) is 19.0 Å². The summed E-state index contributed by atoms with van der Waals surface area (Å²) in [5.41, 5.74) is 2.97. The predicted octanol–water partition coefficient (Wildman–Crippen LogP) is 3.48. The van der Waals surface area contributed by atoms with Crippen LogP contribution in [0.15, 0.2) is 55.1 Å². The number of ether oxygens (including phenoxy) is 1. The smallest absolute Gasteiger partial charge is 0.268 e. The lowest BCUT2D eigenvalue weighted by Crippen LogP contribution is -2.47. The van der Waals surface area contributed by atoms with Gasteiger partial charge in [-0.2, -0.15) is 0 Å². The highest BCUT2D eigenvalue weighted by atomic mass is 16.5. The van der Waals surface area contributed by atoms with Crippen LogP contribution in [0.4, 0.5) is 5.69 Å². The molecule has 1 aliphatic heterocycles. The van der Waals surface area contributed by atoms with Crippen molar-refractivity contribution < 1.29 is 14.6 Å². The topological polar surface area (TPSA) is 49.8 Å². The summed E-state index contributed by atoms with van der Waals surface area (Å²) in [6, 6.07) is 13.0. The first-order valence-electron chi connectivity index (χ1n) is 8.12. The zero-order valence-electron chi connectivity index (χ0n) is 13.7. The quantitative estimate of drug-likeness (QED) is 0.857. The van der Waals surface area contributed by atoms with E-state index in [1.165, 1.54) is 5.56 Å². The molecule has 1 atom stereocenters. The first-order valence-corrected chi connectivity index (χ1v) is 8.12. The fourth-order valence-corrected chi connectivity index (χ4v) is 2.89. The van der Waals surface area contributed by atoms with Crippen LogP contribution in [-0.4, -0.2) is 23.7 Å². The van der Waals surface area contributed by atoms with Gasteiger partial charge in [0.2, 0.25) is 0 Å². The monoisotopic (exact) mass is 323 g/mol. The number of carbonyl (C=O) groups excluding carboxylic acids is 1. The van der Waals surface area contributed by atoms with Crippen molar-refractivity contribution in [2.75, 3.05) is 11.4 Å². The fraction of sp³-hybridized carbons (Fsp3) is 0.250. The van der Waals surface area contributed by atoms with Crippen LogP contribution < -0.4 is 9.64 Å². The molecule has 0 bridgehead atoms. The Balaban J connectivity index is 1.88. The Hall–Kier alpha value is -2.75. The molecule has 4 nitrogen and oxygen atoms in total. The highest BCUT2D eigenvalue weighted by Crippen LogP contribution is 2.37. The Bertz CT molecular complexity index is 752. The molecule has 2 aromatic rings. The molecule has 0 radical (unpaired) electrons. The molecule has 1 heterocycles. The van der Waals surface area contributed by atoms with E-state index in [-0.39, 0.29) is 11.7 Å². The van der Waals surface area contributed by atoms with Crippen molar-refractivity contribution in [3.05, 3.63) is 66.2 Å². The minimum Gasteiger partial charge on any atom is -0.508 e. The second-order valence-corrected chi connectivity index (χ2v) is 5.87. The minimum absolute atomic E-state index is 0.0901. The Morgan fingerprint density at radius 2 is 1.92 bits per heavy atom. The third-order valence-electron chi connectivity index (χ3n) is 4.21. The second kappa shape index (κ2) is 6.79. The lowest BCUT2D eigenvalue weighted by molar-refractivity contribution is -0.126. The maximum atomic E-state index is 12.8. The van der Waals surface area contributed by atoms with Crippen molar-refractivity contribution in [3.63, 3.8) is 0 Å². The molecule has 0 saturated carbocycles. The number of phenolic OH excluding ortho intramolecular Hbond substituents is 1. The van der Waals surface area contributed by atoms with Crippen molar-refractivity contribution in [2.24, 2.45) is 0 Å². The summed E-state index contributed by atoms with van der Waals surface area (Å²) in [6.45, 7) is 6.24. The Labute approximate surface area is 142 Å². The van der Waals surface area contributed by atoms with Crippen molar-refractivity contribution in [1.29, 1.82) is 0 Å². The summed E-state index contributed by atoms with van der Waals surface area (Å²) >= 11 is 0. The average Bonchev–Trinajstić information content (AvgIpc) is 2.59. The average molecular weight is 323 g/mol. The van der Waals surface area contributed by atoms with Gasteiger partial charge in [-0.05, 0) is 29.7 Å². The number of fused-ring (bicyclic) bond motifs is 1. The molecule has 1 aliphatic rings. The number of aryl methyl sites for hydroxylation is 1. The predicted molar refractivity (Wildman–Crippen MR) is 94.6 cm³/mol. The normalized spacial score (nSPS) is 16.5. The van der Waals surface area contributed by atoms with Gasteiger partial charge in [0.25, 0.3) is 5.91 Å². The van der Waals surface area contributed by atoms with Crippen LogP contribution in [0.2, 0.25) is 0 Å². The van der Waals surface area contributed by atoms with Gasteiger partial charge in [0.15, 0.2) is 6.10 Å². The molecule has 1 N–H and O–H groups in total. The van der Waals surface area contributed by atoms with E-state index < -0.39 is 6.10 Å². The number of aromatic hydroxyl groups is 1. The van der Waals surface area contributed by atoms with E-state index in [0.717, 1.165) is 12.0 Å². The molecule has 3 rings (SSSR count). The van der Waals surface area contributed by atoms with Crippen LogP contribution >= 0.6 is 0 Å². The zero-order valence-corrected chi connectivity index (χ0v) is 13.7. The fourth-order valence-electron chi connectivity index (χ4n) is 2.89. The number of amides is 1. The van der Waals surface area contributed by atoms with Crippen molar-refractivity contribution >= 4 is 11.6 Å². The number of rotatable bonds is 5. The van der Waals surface area contributed by atoms with Crippen molar-refractivity contribution in [3.8, 4) is 11.5 Å². The summed E-state index contributed by atoms with van der Waals surface area (Å²) in [7, 11) is 0. The molecule has 1 amide bonds. The SMILES string of the molecule is C=CCN1C(=O)C(Cc2ccc(CC)cc2)Oc2cc(O)ccc21. The van der Waals surface area contributed by atoms with Gasteiger partial charge in [0.05, 0.1) is 5.69 Å². The standard InChI is InChI=1S/C20H21NO3/c1-3-11-21-17-10-9-16(22)13-18(17)24-19(20(21)23)12-15-7-5-14(4-2)6-8-15/h3,5-10,13,19,22H,1,4,11-12H2,2H3. The van der Waals surface area contributed by atoms with Crippen LogP contribution in [0.25, 0.3) is 0 Å². The molecule has 0 saturated heterocycles. The van der Waals surface area contributed by atoms with E-state index >= 15 is 0 Å². The van der Waals surface area contributed by atoms with Crippen LogP contribution in [0.1, 0.15) is 18.1 Å². The van der Waals surface area contributed by atoms with E-state index in [2.05, 4.69) is 25.6 Å². The second-order valence-electron chi connectivity index (χ2n) is 5.87. The van der Waals surface area contributed by atoms with Crippen molar-refractivity contribution in [1.82, 2.24) is 0 Å². The Kier molecular flexibility index (Phi) is 4.56.